The Bertz CT molecular complexity index is 709. The van der Waals surface area contributed by atoms with Crippen molar-refractivity contribution in [3.8, 4) is 11.5 Å². The summed E-state index contributed by atoms with van der Waals surface area (Å²) in [6.45, 7) is 3.88. The van der Waals surface area contributed by atoms with Gasteiger partial charge in [-0.2, -0.15) is 0 Å². The standard InChI is InChI=1S/C15H13Br2FN2O/c1-7-5-9(6-8(2)12(7)16)21-11-4-3-10(15(19)20)13(17)14(11)18/h3-6H,1-2H3,(H3,19,20). The van der Waals surface area contributed by atoms with Crippen LogP contribution >= 0.6 is 31.9 Å². The number of nitrogen functional groups attached to an aromatic ring is 1. The maximum Gasteiger partial charge on any atom is 0.180 e. The molecule has 0 spiro atoms. The number of benzene rings is 2. The fraction of sp³-hybridized carbons (Fsp3) is 0.133. The van der Waals surface area contributed by atoms with Crippen molar-refractivity contribution in [1.29, 1.82) is 5.41 Å². The quantitative estimate of drug-likeness (QED) is 0.544. The van der Waals surface area contributed by atoms with Gasteiger partial charge in [0.25, 0.3) is 0 Å². The van der Waals surface area contributed by atoms with Gasteiger partial charge in [-0.1, -0.05) is 15.9 Å². The van der Waals surface area contributed by atoms with Crippen molar-refractivity contribution in [3.63, 3.8) is 0 Å². The van der Waals surface area contributed by atoms with E-state index in [0.29, 0.717) is 11.3 Å². The molecule has 0 amide bonds. The van der Waals surface area contributed by atoms with E-state index in [1.165, 1.54) is 6.07 Å². The highest BCUT2D eigenvalue weighted by Gasteiger charge is 2.15. The second-order valence-corrected chi connectivity index (χ2v) is 6.21. The van der Waals surface area contributed by atoms with Crippen LogP contribution in [0.25, 0.3) is 0 Å². The molecule has 6 heteroatoms. The summed E-state index contributed by atoms with van der Waals surface area (Å²) < 4.78 is 21.0. The van der Waals surface area contributed by atoms with Crippen LogP contribution in [-0.2, 0) is 0 Å². The number of halogens is 3. The highest BCUT2D eigenvalue weighted by atomic mass is 79.9. The summed E-state index contributed by atoms with van der Waals surface area (Å²) in [5.74, 6) is -0.161. The Kier molecular flexibility index (Phi) is 4.68. The maximum atomic E-state index is 14.3. The molecule has 0 aliphatic rings. The van der Waals surface area contributed by atoms with Crippen molar-refractivity contribution >= 4 is 37.7 Å². The third kappa shape index (κ3) is 3.27. The van der Waals surface area contributed by atoms with Crippen LogP contribution in [0.2, 0.25) is 0 Å². The van der Waals surface area contributed by atoms with Crippen molar-refractivity contribution in [2.45, 2.75) is 13.8 Å². The van der Waals surface area contributed by atoms with E-state index >= 15 is 0 Å². The molecule has 110 valence electrons. The van der Waals surface area contributed by atoms with E-state index in [1.54, 1.807) is 6.07 Å². The van der Waals surface area contributed by atoms with Gasteiger partial charge in [0.15, 0.2) is 11.6 Å². The van der Waals surface area contributed by atoms with Crippen molar-refractivity contribution < 1.29 is 9.13 Å². The second kappa shape index (κ2) is 6.15. The first kappa shape index (κ1) is 16.0. The number of hydrogen-bond donors (Lipinski definition) is 2. The van der Waals surface area contributed by atoms with Gasteiger partial charge in [0.05, 0.1) is 4.47 Å². The molecule has 0 saturated carbocycles. The van der Waals surface area contributed by atoms with Gasteiger partial charge < -0.3 is 10.5 Å². The average Bonchev–Trinajstić information content (AvgIpc) is 2.41. The number of aryl methyl sites for hydroxylation is 2. The molecule has 0 aromatic heterocycles. The van der Waals surface area contributed by atoms with Crippen LogP contribution in [0.5, 0.6) is 11.5 Å². The molecule has 0 saturated heterocycles. The Labute approximate surface area is 139 Å². The van der Waals surface area contributed by atoms with Gasteiger partial charge in [0, 0.05) is 10.0 Å². The van der Waals surface area contributed by atoms with E-state index in [1.807, 2.05) is 26.0 Å². The van der Waals surface area contributed by atoms with Crippen LogP contribution < -0.4 is 10.5 Å². The molecule has 0 unspecified atom stereocenters. The monoisotopic (exact) mass is 414 g/mol. The Balaban J connectivity index is 2.41. The van der Waals surface area contributed by atoms with Crippen molar-refractivity contribution in [2.75, 3.05) is 0 Å². The van der Waals surface area contributed by atoms with Gasteiger partial charge in [-0.3, -0.25) is 5.41 Å². The molecule has 0 radical (unpaired) electrons. The van der Waals surface area contributed by atoms with Crippen molar-refractivity contribution in [3.05, 3.63) is 55.7 Å². The first-order valence-electron chi connectivity index (χ1n) is 6.08. The van der Waals surface area contributed by atoms with Crippen molar-refractivity contribution in [1.82, 2.24) is 0 Å². The summed E-state index contributed by atoms with van der Waals surface area (Å²) in [5.41, 5.74) is 7.69. The van der Waals surface area contributed by atoms with Crippen LogP contribution in [0.3, 0.4) is 0 Å². The zero-order valence-corrected chi connectivity index (χ0v) is 14.6. The normalized spacial score (nSPS) is 10.5. The first-order chi connectivity index (χ1) is 9.81. The lowest BCUT2D eigenvalue weighted by Gasteiger charge is -2.12. The molecule has 0 heterocycles. The van der Waals surface area contributed by atoms with Gasteiger partial charge in [0.2, 0.25) is 0 Å². The summed E-state index contributed by atoms with van der Waals surface area (Å²) in [6, 6.07) is 6.65. The molecule has 0 atom stereocenters. The van der Waals surface area contributed by atoms with E-state index < -0.39 is 5.82 Å². The van der Waals surface area contributed by atoms with E-state index in [4.69, 9.17) is 15.9 Å². The van der Waals surface area contributed by atoms with E-state index in [9.17, 15) is 4.39 Å². The van der Waals surface area contributed by atoms with Gasteiger partial charge in [-0.25, -0.2) is 4.39 Å². The molecular weight excluding hydrogens is 403 g/mol. The third-order valence-electron chi connectivity index (χ3n) is 2.97. The van der Waals surface area contributed by atoms with Crippen molar-refractivity contribution in [2.24, 2.45) is 5.73 Å². The van der Waals surface area contributed by atoms with E-state index in [0.717, 1.165) is 15.6 Å². The number of ether oxygens (including phenoxy) is 1. The minimum atomic E-state index is -0.582. The molecule has 0 bridgehead atoms. The minimum Gasteiger partial charge on any atom is -0.454 e. The summed E-state index contributed by atoms with van der Waals surface area (Å²) in [7, 11) is 0. The molecule has 0 fully saturated rings. The first-order valence-corrected chi connectivity index (χ1v) is 7.67. The topological polar surface area (TPSA) is 59.1 Å². The Morgan fingerprint density at radius 1 is 1.14 bits per heavy atom. The van der Waals surface area contributed by atoms with Gasteiger partial charge in [0.1, 0.15) is 11.6 Å². The van der Waals surface area contributed by atoms with Crippen LogP contribution in [0.1, 0.15) is 16.7 Å². The van der Waals surface area contributed by atoms with Gasteiger partial charge in [-0.15, -0.1) is 0 Å². The number of nitrogens with one attached hydrogen (secondary N) is 1. The molecule has 3 N–H and O–H groups in total. The maximum absolute atomic E-state index is 14.3. The molecule has 21 heavy (non-hydrogen) atoms. The zero-order chi connectivity index (χ0) is 15.7. The Hall–Kier alpha value is -1.40. The number of nitrogens with two attached hydrogens (primary N) is 1. The molecule has 3 nitrogen and oxygen atoms in total. The average molecular weight is 416 g/mol. The number of hydrogen-bond acceptors (Lipinski definition) is 2. The molecular formula is C15H13Br2FN2O. The lowest BCUT2D eigenvalue weighted by molar-refractivity contribution is 0.439. The molecule has 0 aliphatic heterocycles. The largest absolute Gasteiger partial charge is 0.454 e. The fourth-order valence-electron chi connectivity index (χ4n) is 1.91. The van der Waals surface area contributed by atoms with Crippen LogP contribution in [0.15, 0.2) is 33.2 Å². The minimum absolute atomic E-state index is 0.0768. The van der Waals surface area contributed by atoms with Gasteiger partial charge in [-0.05, 0) is 65.2 Å². The lowest BCUT2D eigenvalue weighted by Crippen LogP contribution is -2.12. The zero-order valence-electron chi connectivity index (χ0n) is 11.4. The molecule has 0 aliphatic carbocycles. The Morgan fingerprint density at radius 2 is 1.71 bits per heavy atom. The number of amidine groups is 1. The number of rotatable bonds is 3. The van der Waals surface area contributed by atoms with E-state index in [2.05, 4.69) is 31.9 Å². The summed E-state index contributed by atoms with van der Waals surface area (Å²) >= 11 is 6.58. The molecule has 2 rings (SSSR count). The fourth-order valence-corrected chi connectivity index (χ4v) is 2.68. The molecule has 2 aromatic carbocycles. The summed E-state index contributed by atoms with van der Waals surface area (Å²) in [5, 5.41) is 7.38. The SMILES string of the molecule is Cc1cc(Oc2ccc(C(=N)N)c(Br)c2F)cc(C)c1Br. The summed E-state index contributed by atoms with van der Waals surface area (Å²) in [6.07, 6.45) is 0. The summed E-state index contributed by atoms with van der Waals surface area (Å²) in [4.78, 5) is 0. The van der Waals surface area contributed by atoms with E-state index in [-0.39, 0.29) is 16.1 Å². The predicted octanol–water partition coefficient (Wildman–Crippen LogP) is 5.04. The predicted molar refractivity (Wildman–Crippen MR) is 88.8 cm³/mol. The Morgan fingerprint density at radius 3 is 2.24 bits per heavy atom. The smallest absolute Gasteiger partial charge is 0.180 e. The van der Waals surface area contributed by atoms with Crippen LogP contribution in [-0.4, -0.2) is 5.84 Å². The van der Waals surface area contributed by atoms with Crippen LogP contribution in [0, 0.1) is 25.1 Å². The third-order valence-corrected chi connectivity index (χ3v) is 5.00. The molecule has 2 aromatic rings. The second-order valence-electron chi connectivity index (χ2n) is 4.63. The highest BCUT2D eigenvalue weighted by molar-refractivity contribution is 9.10. The lowest BCUT2D eigenvalue weighted by atomic mass is 10.1. The van der Waals surface area contributed by atoms with Gasteiger partial charge >= 0.3 is 0 Å². The van der Waals surface area contributed by atoms with Crippen LogP contribution in [0.4, 0.5) is 4.39 Å². The highest BCUT2D eigenvalue weighted by Crippen LogP contribution is 2.34.